The van der Waals surface area contributed by atoms with Gasteiger partial charge in [-0.25, -0.2) is 0 Å². The van der Waals surface area contributed by atoms with Crippen LogP contribution >= 0.6 is 0 Å². The molecule has 1 aromatic heterocycles. The number of nitriles is 1. The zero-order chi connectivity index (χ0) is 15.4. The monoisotopic (exact) mass is 288 g/mol. The molecule has 1 atom stereocenters. The maximum atomic E-state index is 9.13. The maximum absolute atomic E-state index is 9.13. The Balaban J connectivity index is 1.89. The first-order valence-corrected chi connectivity index (χ1v) is 8.03. The summed E-state index contributed by atoms with van der Waals surface area (Å²) in [5.41, 5.74) is 2.05. The van der Waals surface area contributed by atoms with Gasteiger partial charge in [-0.05, 0) is 71.4 Å². The van der Waals surface area contributed by atoms with Gasteiger partial charge in [0.1, 0.15) is 11.8 Å². The number of rotatable bonds is 5. The lowest BCUT2D eigenvalue weighted by Crippen LogP contribution is -2.41. The van der Waals surface area contributed by atoms with Crippen LogP contribution in [-0.2, 0) is 13.1 Å². The number of aryl methyl sites for hydroxylation is 1. The second-order valence-electron chi connectivity index (χ2n) is 6.45. The van der Waals surface area contributed by atoms with Crippen LogP contribution in [0.5, 0.6) is 0 Å². The summed E-state index contributed by atoms with van der Waals surface area (Å²) in [6.45, 7) is 8.60. The van der Waals surface area contributed by atoms with Crippen LogP contribution in [0.3, 0.4) is 0 Å². The van der Waals surface area contributed by atoms with Crippen molar-refractivity contribution < 1.29 is 0 Å². The third-order valence-corrected chi connectivity index (χ3v) is 4.94. The molecule has 0 aromatic carbocycles. The molecule has 0 N–H and O–H groups in total. The van der Waals surface area contributed by atoms with Crippen molar-refractivity contribution >= 4 is 0 Å². The Hall–Kier alpha value is -1.31. The van der Waals surface area contributed by atoms with Crippen LogP contribution in [0.25, 0.3) is 0 Å². The lowest BCUT2D eigenvalue weighted by atomic mass is 9.89. The molecule has 0 spiro atoms. The summed E-state index contributed by atoms with van der Waals surface area (Å²) in [4.78, 5) is 4.86. The number of aromatic nitrogens is 1. The van der Waals surface area contributed by atoms with E-state index < -0.39 is 0 Å². The number of hydrogen-bond donors (Lipinski definition) is 0. The molecule has 1 saturated heterocycles. The average Bonchev–Trinajstić information content (AvgIpc) is 2.89. The quantitative estimate of drug-likeness (QED) is 0.835. The molecule has 1 fully saturated rings. The number of likely N-dealkylation sites (tertiary alicyclic amines) is 1. The molecule has 1 aliphatic rings. The first-order chi connectivity index (χ1) is 10.0. The molecule has 21 heavy (non-hydrogen) atoms. The minimum absolute atomic E-state index is 0.665. The van der Waals surface area contributed by atoms with Crippen LogP contribution in [0.1, 0.15) is 37.9 Å². The van der Waals surface area contributed by atoms with Crippen molar-refractivity contribution in [1.29, 1.82) is 5.26 Å². The molecule has 0 unspecified atom stereocenters. The summed E-state index contributed by atoms with van der Waals surface area (Å²) in [6.07, 6.45) is 4.69. The minimum Gasteiger partial charge on any atom is -0.339 e. The van der Waals surface area contributed by atoms with Gasteiger partial charge < -0.3 is 9.47 Å². The first-order valence-electron chi connectivity index (χ1n) is 8.03. The molecule has 0 amide bonds. The van der Waals surface area contributed by atoms with Crippen molar-refractivity contribution in [1.82, 2.24) is 14.4 Å². The van der Waals surface area contributed by atoms with E-state index in [4.69, 9.17) is 5.26 Å². The highest BCUT2D eigenvalue weighted by molar-refractivity contribution is 5.28. The summed E-state index contributed by atoms with van der Waals surface area (Å²) < 4.78 is 2.04. The number of piperidine rings is 1. The first kappa shape index (κ1) is 16.1. The lowest BCUT2D eigenvalue weighted by molar-refractivity contribution is 0.121. The Labute approximate surface area is 129 Å². The smallest absolute Gasteiger partial charge is 0.120 e. The highest BCUT2D eigenvalue weighted by atomic mass is 15.1. The summed E-state index contributed by atoms with van der Waals surface area (Å²) in [5, 5.41) is 9.13. The van der Waals surface area contributed by atoms with Crippen molar-refractivity contribution in [3.63, 3.8) is 0 Å². The van der Waals surface area contributed by atoms with E-state index >= 15 is 0 Å². The second kappa shape index (κ2) is 7.11. The zero-order valence-electron chi connectivity index (χ0n) is 13.8. The standard InChI is InChI=1S/C17H28N4/c1-5-21-13-15(10-17(21)11-18)12-20-8-6-16(7-9-20)14(2)19(3)4/h10,13-14,16H,5-9,12H2,1-4H3/t14-/m0/s1. The Morgan fingerprint density at radius 3 is 2.52 bits per heavy atom. The van der Waals surface area contributed by atoms with E-state index in [1.54, 1.807) is 0 Å². The van der Waals surface area contributed by atoms with Gasteiger partial charge in [0.2, 0.25) is 0 Å². The topological polar surface area (TPSA) is 35.2 Å². The Bertz CT molecular complexity index is 489. The molecule has 1 aliphatic heterocycles. The van der Waals surface area contributed by atoms with Crippen molar-refractivity contribution in [3.8, 4) is 6.07 Å². The molecule has 0 bridgehead atoms. The third kappa shape index (κ3) is 3.87. The lowest BCUT2D eigenvalue weighted by Gasteiger charge is -2.37. The van der Waals surface area contributed by atoms with Gasteiger partial charge in [0.25, 0.3) is 0 Å². The van der Waals surface area contributed by atoms with Gasteiger partial charge in [-0.15, -0.1) is 0 Å². The summed E-state index contributed by atoms with van der Waals surface area (Å²) in [6, 6.07) is 4.98. The van der Waals surface area contributed by atoms with Crippen molar-refractivity contribution in [2.75, 3.05) is 27.2 Å². The van der Waals surface area contributed by atoms with Crippen molar-refractivity contribution in [2.24, 2.45) is 5.92 Å². The second-order valence-corrected chi connectivity index (χ2v) is 6.45. The molecular weight excluding hydrogens is 260 g/mol. The average molecular weight is 288 g/mol. The van der Waals surface area contributed by atoms with E-state index in [2.05, 4.69) is 50.0 Å². The van der Waals surface area contributed by atoms with E-state index in [0.29, 0.717) is 6.04 Å². The molecule has 0 saturated carbocycles. The summed E-state index contributed by atoms with van der Waals surface area (Å²) in [5.74, 6) is 0.811. The molecule has 2 rings (SSSR count). The van der Waals surface area contributed by atoms with Crippen LogP contribution < -0.4 is 0 Å². The van der Waals surface area contributed by atoms with E-state index in [1.165, 1.54) is 31.5 Å². The van der Waals surface area contributed by atoms with Crippen LogP contribution in [0.2, 0.25) is 0 Å². The van der Waals surface area contributed by atoms with Crippen molar-refractivity contribution in [3.05, 3.63) is 23.5 Å². The highest BCUT2D eigenvalue weighted by Gasteiger charge is 2.25. The Morgan fingerprint density at radius 2 is 2.05 bits per heavy atom. The van der Waals surface area contributed by atoms with Crippen LogP contribution in [-0.4, -0.2) is 47.6 Å². The van der Waals surface area contributed by atoms with Gasteiger partial charge in [0.15, 0.2) is 0 Å². The summed E-state index contributed by atoms with van der Waals surface area (Å²) in [7, 11) is 4.35. The van der Waals surface area contributed by atoms with E-state index in [1.807, 2.05) is 10.6 Å². The SMILES string of the molecule is CCn1cc(CN2CCC([C@H](C)N(C)C)CC2)cc1C#N. The fourth-order valence-electron chi connectivity index (χ4n) is 3.28. The molecule has 4 heteroatoms. The van der Waals surface area contributed by atoms with E-state index in [-0.39, 0.29) is 0 Å². The van der Waals surface area contributed by atoms with Crippen LogP contribution in [0, 0.1) is 17.2 Å². The van der Waals surface area contributed by atoms with Crippen molar-refractivity contribution in [2.45, 2.75) is 45.8 Å². The van der Waals surface area contributed by atoms with Gasteiger partial charge >= 0.3 is 0 Å². The van der Waals surface area contributed by atoms with Gasteiger partial charge in [0.05, 0.1) is 0 Å². The number of hydrogen-bond acceptors (Lipinski definition) is 3. The molecular formula is C17H28N4. The minimum atomic E-state index is 0.665. The molecule has 0 aliphatic carbocycles. The van der Waals surface area contributed by atoms with E-state index in [0.717, 1.165) is 24.7 Å². The van der Waals surface area contributed by atoms with Gasteiger partial charge in [-0.2, -0.15) is 5.26 Å². The van der Waals surface area contributed by atoms with Crippen LogP contribution in [0.4, 0.5) is 0 Å². The maximum Gasteiger partial charge on any atom is 0.120 e. The number of nitrogens with zero attached hydrogens (tertiary/aromatic N) is 4. The largest absolute Gasteiger partial charge is 0.339 e. The van der Waals surface area contributed by atoms with Crippen LogP contribution in [0.15, 0.2) is 12.3 Å². The normalized spacial score (nSPS) is 18.9. The van der Waals surface area contributed by atoms with E-state index in [9.17, 15) is 0 Å². The Kier molecular flexibility index (Phi) is 5.44. The van der Waals surface area contributed by atoms with Gasteiger partial charge in [-0.3, -0.25) is 4.90 Å². The Morgan fingerprint density at radius 1 is 1.38 bits per heavy atom. The molecule has 116 valence electrons. The van der Waals surface area contributed by atoms with Gasteiger partial charge in [0, 0.05) is 25.3 Å². The zero-order valence-corrected chi connectivity index (χ0v) is 13.8. The predicted molar refractivity (Wildman–Crippen MR) is 86.0 cm³/mol. The fourth-order valence-corrected chi connectivity index (χ4v) is 3.28. The molecule has 1 aromatic rings. The predicted octanol–water partition coefficient (Wildman–Crippen LogP) is 2.54. The molecule has 0 radical (unpaired) electrons. The summed E-state index contributed by atoms with van der Waals surface area (Å²) >= 11 is 0. The molecule has 4 nitrogen and oxygen atoms in total. The highest BCUT2D eigenvalue weighted by Crippen LogP contribution is 2.24. The fraction of sp³-hybridized carbons (Fsp3) is 0.706. The third-order valence-electron chi connectivity index (χ3n) is 4.94. The van der Waals surface area contributed by atoms with Gasteiger partial charge in [-0.1, -0.05) is 0 Å². The molecule has 2 heterocycles.